The van der Waals surface area contributed by atoms with Crippen LogP contribution in [0.4, 0.5) is 13.2 Å². The summed E-state index contributed by atoms with van der Waals surface area (Å²) in [6.07, 6.45) is -4.48. The van der Waals surface area contributed by atoms with Crippen molar-refractivity contribution in [2.75, 3.05) is 6.61 Å². The Labute approximate surface area is 134 Å². The fourth-order valence-corrected chi connectivity index (χ4v) is 2.28. The van der Waals surface area contributed by atoms with Crippen molar-refractivity contribution in [3.63, 3.8) is 0 Å². The van der Waals surface area contributed by atoms with Crippen molar-refractivity contribution in [2.45, 2.75) is 13.1 Å². The van der Waals surface area contributed by atoms with Crippen molar-refractivity contribution in [3.05, 3.63) is 63.6 Å². The maximum Gasteiger partial charge on any atom is 0.416 e. The van der Waals surface area contributed by atoms with E-state index < -0.39 is 17.5 Å². The van der Waals surface area contributed by atoms with Crippen LogP contribution in [-0.2, 0) is 6.18 Å². The molecule has 0 aromatic heterocycles. The number of carbonyl (C=O) groups excluding carboxylic acids is 1. The third kappa shape index (κ3) is 3.68. The van der Waals surface area contributed by atoms with Crippen molar-refractivity contribution in [3.8, 4) is 5.75 Å². The molecule has 0 radical (unpaired) electrons. The second kappa shape index (κ2) is 6.52. The minimum absolute atomic E-state index is 0.0143. The topological polar surface area (TPSA) is 26.3 Å². The lowest BCUT2D eigenvalue weighted by Crippen LogP contribution is -2.08. The molecule has 0 bridgehead atoms. The Kier molecular flexibility index (Phi) is 4.90. The number of alkyl halides is 3. The Morgan fingerprint density at radius 2 is 1.82 bits per heavy atom. The van der Waals surface area contributed by atoms with Gasteiger partial charge in [0.2, 0.25) is 0 Å². The molecular weight excluding hydrogens is 361 g/mol. The van der Waals surface area contributed by atoms with E-state index in [-0.39, 0.29) is 11.1 Å². The second-order valence-corrected chi connectivity index (χ2v) is 5.34. The summed E-state index contributed by atoms with van der Waals surface area (Å²) in [5, 5.41) is 0. The van der Waals surface area contributed by atoms with Crippen molar-refractivity contribution in [1.82, 2.24) is 0 Å². The lowest BCUT2D eigenvalue weighted by molar-refractivity contribution is -0.137. The molecule has 0 unspecified atom stereocenters. The molecule has 0 heterocycles. The van der Waals surface area contributed by atoms with Crippen molar-refractivity contribution in [2.24, 2.45) is 0 Å². The Hall–Kier alpha value is -1.82. The molecule has 2 aromatic rings. The molecule has 0 atom stereocenters. The summed E-state index contributed by atoms with van der Waals surface area (Å²) in [5.74, 6) is -0.0140. The quantitative estimate of drug-likeness (QED) is 0.698. The number of carbonyl (C=O) groups is 1. The van der Waals surface area contributed by atoms with Gasteiger partial charge in [-0.3, -0.25) is 4.79 Å². The maximum atomic E-state index is 12.7. The van der Waals surface area contributed by atoms with Crippen LogP contribution < -0.4 is 4.74 Å². The van der Waals surface area contributed by atoms with Gasteiger partial charge in [-0.15, -0.1) is 0 Å². The summed E-state index contributed by atoms with van der Waals surface area (Å²) < 4.78 is 44.2. The van der Waals surface area contributed by atoms with E-state index in [2.05, 4.69) is 15.9 Å². The molecule has 0 fully saturated rings. The molecule has 0 N–H and O–H groups in total. The van der Waals surface area contributed by atoms with Crippen molar-refractivity contribution in [1.29, 1.82) is 0 Å². The van der Waals surface area contributed by atoms with Gasteiger partial charge in [0.15, 0.2) is 5.78 Å². The highest BCUT2D eigenvalue weighted by Crippen LogP contribution is 2.31. The first-order valence-electron chi connectivity index (χ1n) is 6.47. The molecule has 0 aliphatic carbocycles. The van der Waals surface area contributed by atoms with Gasteiger partial charge in [-0.05, 0) is 53.2 Å². The van der Waals surface area contributed by atoms with E-state index in [1.807, 2.05) is 0 Å². The number of hydrogen-bond donors (Lipinski definition) is 0. The molecule has 2 rings (SSSR count). The zero-order valence-corrected chi connectivity index (χ0v) is 13.2. The first-order chi connectivity index (χ1) is 10.3. The highest BCUT2D eigenvalue weighted by Gasteiger charge is 2.31. The van der Waals surface area contributed by atoms with Crippen LogP contribution in [0.1, 0.15) is 28.4 Å². The fourth-order valence-electron chi connectivity index (χ4n) is 1.91. The zero-order chi connectivity index (χ0) is 16.3. The van der Waals surface area contributed by atoms with Crippen LogP contribution in [0.25, 0.3) is 0 Å². The number of rotatable bonds is 4. The fraction of sp³-hybridized carbons (Fsp3) is 0.188. The summed E-state index contributed by atoms with van der Waals surface area (Å²) in [6.45, 7) is 2.22. The molecule has 0 amide bonds. The Balaban J connectivity index is 2.38. The molecule has 0 saturated heterocycles. The number of ketones is 1. The Bertz CT molecular complexity index is 696. The second-order valence-electron chi connectivity index (χ2n) is 4.49. The first kappa shape index (κ1) is 16.5. The molecule has 0 spiro atoms. The minimum Gasteiger partial charge on any atom is -0.493 e. The lowest BCUT2D eigenvalue weighted by Gasteiger charge is -2.10. The van der Waals surface area contributed by atoms with Crippen LogP contribution in [0, 0.1) is 0 Å². The van der Waals surface area contributed by atoms with Crippen LogP contribution >= 0.6 is 15.9 Å². The molecule has 0 saturated carbocycles. The molecule has 6 heteroatoms. The van der Waals surface area contributed by atoms with Gasteiger partial charge < -0.3 is 4.74 Å². The first-order valence-corrected chi connectivity index (χ1v) is 7.26. The van der Waals surface area contributed by atoms with Gasteiger partial charge in [-0.2, -0.15) is 13.2 Å². The SMILES string of the molecule is CCOc1cc(C(=O)c2cccc(C(F)(F)F)c2)ccc1Br. The van der Waals surface area contributed by atoms with Gasteiger partial charge in [0.05, 0.1) is 16.6 Å². The van der Waals surface area contributed by atoms with E-state index in [9.17, 15) is 18.0 Å². The smallest absolute Gasteiger partial charge is 0.416 e. The average molecular weight is 373 g/mol. The molecule has 116 valence electrons. The highest BCUT2D eigenvalue weighted by atomic mass is 79.9. The van der Waals surface area contributed by atoms with Crippen LogP contribution in [0.3, 0.4) is 0 Å². The van der Waals surface area contributed by atoms with Crippen molar-refractivity contribution >= 4 is 21.7 Å². The van der Waals surface area contributed by atoms with E-state index in [4.69, 9.17) is 4.74 Å². The van der Waals surface area contributed by atoms with Crippen LogP contribution in [0.5, 0.6) is 5.75 Å². The Morgan fingerprint density at radius 3 is 2.45 bits per heavy atom. The number of halogens is 4. The predicted molar refractivity (Wildman–Crippen MR) is 80.2 cm³/mol. The lowest BCUT2D eigenvalue weighted by atomic mass is 10.0. The van der Waals surface area contributed by atoms with Gasteiger partial charge in [-0.25, -0.2) is 0 Å². The number of ether oxygens (including phenoxy) is 1. The van der Waals surface area contributed by atoms with Crippen LogP contribution in [-0.4, -0.2) is 12.4 Å². The van der Waals surface area contributed by atoms with Crippen LogP contribution in [0.15, 0.2) is 46.9 Å². The van der Waals surface area contributed by atoms with E-state index in [0.717, 1.165) is 12.1 Å². The maximum absolute atomic E-state index is 12.7. The average Bonchev–Trinajstić information content (AvgIpc) is 2.48. The van der Waals surface area contributed by atoms with Gasteiger partial charge in [0.1, 0.15) is 5.75 Å². The van der Waals surface area contributed by atoms with E-state index >= 15 is 0 Å². The molecule has 22 heavy (non-hydrogen) atoms. The summed E-state index contributed by atoms with van der Waals surface area (Å²) in [5.41, 5.74) is -0.592. The third-order valence-electron chi connectivity index (χ3n) is 2.95. The minimum atomic E-state index is -4.48. The zero-order valence-electron chi connectivity index (χ0n) is 11.6. The molecule has 2 aromatic carbocycles. The molecular formula is C16H12BrF3O2. The standard InChI is InChI=1S/C16H12BrF3O2/c1-2-22-14-9-11(6-7-13(14)17)15(21)10-4-3-5-12(8-10)16(18,19)20/h3-9H,2H2,1H3. The monoisotopic (exact) mass is 372 g/mol. The highest BCUT2D eigenvalue weighted by molar-refractivity contribution is 9.10. The van der Waals surface area contributed by atoms with E-state index in [0.29, 0.717) is 16.8 Å². The third-order valence-corrected chi connectivity index (χ3v) is 3.60. The summed E-state index contributed by atoms with van der Waals surface area (Å²) in [4.78, 5) is 12.4. The van der Waals surface area contributed by atoms with Gasteiger partial charge in [0, 0.05) is 11.1 Å². The van der Waals surface area contributed by atoms with Gasteiger partial charge >= 0.3 is 6.18 Å². The van der Waals surface area contributed by atoms with Gasteiger partial charge in [-0.1, -0.05) is 12.1 Å². The summed E-state index contributed by atoms with van der Waals surface area (Å²) in [6, 6.07) is 9.05. The Morgan fingerprint density at radius 1 is 1.14 bits per heavy atom. The van der Waals surface area contributed by atoms with E-state index in [1.54, 1.807) is 13.0 Å². The van der Waals surface area contributed by atoms with Crippen LogP contribution in [0.2, 0.25) is 0 Å². The van der Waals surface area contributed by atoms with Crippen molar-refractivity contribution < 1.29 is 22.7 Å². The molecule has 0 aliphatic rings. The molecule has 2 nitrogen and oxygen atoms in total. The van der Waals surface area contributed by atoms with E-state index in [1.165, 1.54) is 24.3 Å². The largest absolute Gasteiger partial charge is 0.493 e. The molecule has 0 aliphatic heterocycles. The predicted octanol–water partition coefficient (Wildman–Crippen LogP) is 5.10. The summed E-state index contributed by atoms with van der Waals surface area (Å²) in [7, 11) is 0. The normalized spacial score (nSPS) is 11.3. The number of hydrogen-bond acceptors (Lipinski definition) is 2. The number of benzene rings is 2. The summed E-state index contributed by atoms with van der Waals surface area (Å²) >= 11 is 3.29. The van der Waals surface area contributed by atoms with Gasteiger partial charge in [0.25, 0.3) is 0 Å².